The van der Waals surface area contributed by atoms with Crippen molar-refractivity contribution < 1.29 is 13.2 Å². The molecule has 9 heteroatoms. The molecule has 5 aromatic rings. The summed E-state index contributed by atoms with van der Waals surface area (Å²) < 4.78 is 29.7. The summed E-state index contributed by atoms with van der Waals surface area (Å²) in [6.45, 7) is 4.29. The van der Waals surface area contributed by atoms with Crippen molar-refractivity contribution in [2.75, 3.05) is 14.5 Å². The Morgan fingerprint density at radius 2 is 1.36 bits per heavy atom. The lowest BCUT2D eigenvalue weighted by atomic mass is 9.98. The van der Waals surface area contributed by atoms with Crippen molar-refractivity contribution in [2.24, 2.45) is 0 Å². The number of nitrogens with one attached hydrogen (secondary N) is 1. The van der Waals surface area contributed by atoms with E-state index in [0.29, 0.717) is 39.2 Å². The topological polar surface area (TPSA) is 69.7 Å². The van der Waals surface area contributed by atoms with Crippen LogP contribution in [0.15, 0.2) is 120 Å². The fourth-order valence-corrected chi connectivity index (χ4v) is 7.09. The Hall–Kier alpha value is -4.30. The molecule has 1 aliphatic heterocycles. The SMILES string of the molecule is Cc1ccc(NS(=O)(=O)c2ccc3c(c2)C(=O)N(c2ccc(C)cc2)[C@@H](c2c(Cl)cccc2Cl)N3Cc2ccccc2)cc1. The Morgan fingerprint density at radius 3 is 2.00 bits per heavy atom. The normalized spacial score (nSPS) is 14.8. The van der Waals surface area contributed by atoms with Crippen LogP contribution in [0, 0.1) is 13.8 Å². The first-order valence-corrected chi connectivity index (χ1v) is 16.2. The van der Waals surface area contributed by atoms with Crippen LogP contribution in [-0.4, -0.2) is 14.3 Å². The second-order valence-electron chi connectivity index (χ2n) is 10.8. The van der Waals surface area contributed by atoms with Gasteiger partial charge in [0.2, 0.25) is 0 Å². The second kappa shape index (κ2) is 12.0. The van der Waals surface area contributed by atoms with Gasteiger partial charge in [0, 0.05) is 33.5 Å². The Balaban J connectivity index is 1.55. The average molecular weight is 643 g/mol. The van der Waals surface area contributed by atoms with Gasteiger partial charge >= 0.3 is 0 Å². The zero-order valence-corrected chi connectivity index (χ0v) is 26.4. The molecule has 44 heavy (non-hydrogen) atoms. The highest BCUT2D eigenvalue weighted by Gasteiger charge is 2.42. The number of hydrogen-bond acceptors (Lipinski definition) is 4. The molecule has 0 saturated carbocycles. The third-order valence-corrected chi connectivity index (χ3v) is 9.68. The van der Waals surface area contributed by atoms with Crippen molar-refractivity contribution in [3.8, 4) is 0 Å². The minimum Gasteiger partial charge on any atom is -0.342 e. The van der Waals surface area contributed by atoms with Crippen LogP contribution >= 0.6 is 23.2 Å². The molecule has 6 nitrogen and oxygen atoms in total. The van der Waals surface area contributed by atoms with Crippen molar-refractivity contribution >= 4 is 56.2 Å². The Morgan fingerprint density at radius 1 is 0.750 bits per heavy atom. The van der Waals surface area contributed by atoms with Crippen LogP contribution in [0.3, 0.4) is 0 Å². The van der Waals surface area contributed by atoms with E-state index < -0.39 is 16.2 Å². The molecule has 1 heterocycles. The molecule has 1 amide bonds. The largest absolute Gasteiger partial charge is 0.342 e. The number of anilines is 3. The van der Waals surface area contributed by atoms with Gasteiger partial charge in [0.05, 0.1) is 16.1 Å². The smallest absolute Gasteiger partial charge is 0.262 e. The van der Waals surface area contributed by atoms with E-state index in [2.05, 4.69) is 4.72 Å². The first-order valence-electron chi connectivity index (χ1n) is 14.0. The van der Waals surface area contributed by atoms with E-state index in [9.17, 15) is 13.2 Å². The lowest BCUT2D eigenvalue weighted by Crippen LogP contribution is -2.49. The van der Waals surface area contributed by atoms with E-state index >= 15 is 0 Å². The highest BCUT2D eigenvalue weighted by Crippen LogP contribution is 2.46. The molecule has 6 rings (SSSR count). The van der Waals surface area contributed by atoms with E-state index in [1.165, 1.54) is 12.1 Å². The summed E-state index contributed by atoms with van der Waals surface area (Å²) in [5.41, 5.74) is 5.46. The standard InChI is InChI=1S/C35H29Cl2N3O3S/c1-23-11-15-26(16-12-23)38-44(42,43)28-19-20-32-29(21-28)35(41)40(27-17-13-24(2)14-18-27)34(33-30(36)9-6-10-31(33)37)39(32)22-25-7-4-3-5-8-25/h3-21,34,38H,22H2,1-2H3/t34-/m0/s1. The molecule has 1 atom stereocenters. The summed E-state index contributed by atoms with van der Waals surface area (Å²) in [5, 5.41) is 0.825. The second-order valence-corrected chi connectivity index (χ2v) is 13.3. The molecule has 0 spiro atoms. The predicted octanol–water partition coefficient (Wildman–Crippen LogP) is 8.78. The average Bonchev–Trinajstić information content (AvgIpc) is 3.01. The van der Waals surface area contributed by atoms with Gasteiger partial charge in [-0.05, 0) is 74.0 Å². The quantitative estimate of drug-likeness (QED) is 0.193. The Bertz CT molecular complexity index is 1930. The molecule has 1 N–H and O–H groups in total. The van der Waals surface area contributed by atoms with Gasteiger partial charge in [-0.15, -0.1) is 0 Å². The van der Waals surface area contributed by atoms with Gasteiger partial charge in [-0.1, -0.05) is 95.0 Å². The van der Waals surface area contributed by atoms with Crippen LogP contribution in [0.1, 0.15) is 38.8 Å². The number of nitrogens with zero attached hydrogens (tertiary/aromatic N) is 2. The summed E-state index contributed by atoms with van der Waals surface area (Å²) in [7, 11) is -4.01. The van der Waals surface area contributed by atoms with Gasteiger partial charge in [-0.3, -0.25) is 14.4 Å². The van der Waals surface area contributed by atoms with E-state index in [0.717, 1.165) is 16.7 Å². The molecule has 0 radical (unpaired) electrons. The highest BCUT2D eigenvalue weighted by atomic mass is 35.5. The van der Waals surface area contributed by atoms with Crippen molar-refractivity contribution in [3.63, 3.8) is 0 Å². The fourth-order valence-electron chi connectivity index (χ4n) is 5.41. The molecule has 1 aliphatic rings. The number of benzene rings is 5. The maximum atomic E-state index is 14.6. The molecule has 0 unspecified atom stereocenters. The zero-order chi connectivity index (χ0) is 31.0. The zero-order valence-electron chi connectivity index (χ0n) is 24.0. The third-order valence-electron chi connectivity index (χ3n) is 7.65. The van der Waals surface area contributed by atoms with Crippen molar-refractivity contribution in [3.05, 3.63) is 153 Å². The summed E-state index contributed by atoms with van der Waals surface area (Å²) in [4.78, 5) is 18.2. The highest BCUT2D eigenvalue weighted by molar-refractivity contribution is 7.92. The van der Waals surface area contributed by atoms with E-state index in [1.54, 1.807) is 41.3 Å². The van der Waals surface area contributed by atoms with E-state index in [-0.39, 0.29) is 16.4 Å². The van der Waals surface area contributed by atoms with Crippen LogP contribution in [0.5, 0.6) is 0 Å². The number of rotatable bonds is 7. The van der Waals surface area contributed by atoms with Crippen LogP contribution in [0.2, 0.25) is 10.0 Å². The van der Waals surface area contributed by atoms with E-state index in [1.807, 2.05) is 85.5 Å². The number of aryl methyl sites for hydroxylation is 2. The lowest BCUT2D eigenvalue weighted by Gasteiger charge is -2.46. The minimum absolute atomic E-state index is 0.0251. The molecule has 0 bridgehead atoms. The third kappa shape index (κ3) is 5.78. The van der Waals surface area contributed by atoms with Crippen molar-refractivity contribution in [2.45, 2.75) is 31.5 Å². The predicted molar refractivity (Wildman–Crippen MR) is 178 cm³/mol. The molecule has 0 fully saturated rings. The summed E-state index contributed by atoms with van der Waals surface area (Å²) in [5.74, 6) is -0.374. The number of carbonyl (C=O) groups is 1. The fraction of sp³-hybridized carbons (Fsp3) is 0.114. The maximum absolute atomic E-state index is 14.6. The maximum Gasteiger partial charge on any atom is 0.262 e. The van der Waals surface area contributed by atoms with Crippen LogP contribution in [0.4, 0.5) is 17.1 Å². The Kier molecular flexibility index (Phi) is 8.12. The monoisotopic (exact) mass is 641 g/mol. The van der Waals surface area contributed by atoms with Gasteiger partial charge in [-0.25, -0.2) is 8.42 Å². The van der Waals surface area contributed by atoms with Gasteiger partial charge in [0.25, 0.3) is 15.9 Å². The van der Waals surface area contributed by atoms with E-state index in [4.69, 9.17) is 23.2 Å². The van der Waals surface area contributed by atoms with Crippen LogP contribution in [-0.2, 0) is 16.6 Å². The van der Waals surface area contributed by atoms with Crippen LogP contribution in [0.25, 0.3) is 0 Å². The molecular formula is C35H29Cl2N3O3S. The number of sulfonamides is 1. The molecule has 0 saturated heterocycles. The molecule has 0 aliphatic carbocycles. The lowest BCUT2D eigenvalue weighted by molar-refractivity contribution is 0.0968. The van der Waals surface area contributed by atoms with Crippen molar-refractivity contribution in [1.82, 2.24) is 0 Å². The number of amides is 1. The van der Waals surface area contributed by atoms with Gasteiger partial charge < -0.3 is 4.90 Å². The molecule has 5 aromatic carbocycles. The molecule has 0 aromatic heterocycles. The number of fused-ring (bicyclic) bond motifs is 1. The first-order chi connectivity index (χ1) is 21.1. The summed E-state index contributed by atoms with van der Waals surface area (Å²) in [6.07, 6.45) is -0.729. The first kappa shape index (κ1) is 29.8. The summed E-state index contributed by atoms with van der Waals surface area (Å²) in [6, 6.07) is 34.4. The number of carbonyl (C=O) groups excluding carboxylic acids is 1. The molecule has 222 valence electrons. The van der Waals surface area contributed by atoms with Gasteiger partial charge in [0.15, 0.2) is 0 Å². The minimum atomic E-state index is -4.01. The van der Waals surface area contributed by atoms with Gasteiger partial charge in [0.1, 0.15) is 6.17 Å². The van der Waals surface area contributed by atoms with Gasteiger partial charge in [-0.2, -0.15) is 0 Å². The number of halogens is 2. The van der Waals surface area contributed by atoms with Crippen LogP contribution < -0.4 is 14.5 Å². The molecular weight excluding hydrogens is 613 g/mol. The van der Waals surface area contributed by atoms with Crippen molar-refractivity contribution in [1.29, 1.82) is 0 Å². The summed E-state index contributed by atoms with van der Waals surface area (Å²) >= 11 is 13.6. The Labute approximate surface area is 267 Å². The number of hydrogen-bond donors (Lipinski definition) is 1.